The summed E-state index contributed by atoms with van der Waals surface area (Å²) in [4.78, 5) is 36.0. The van der Waals surface area contributed by atoms with Gasteiger partial charge in [-0.25, -0.2) is 18.4 Å². The molecule has 0 radical (unpaired) electrons. The molecule has 0 saturated carbocycles. The van der Waals surface area contributed by atoms with Gasteiger partial charge in [-0.2, -0.15) is 16.2 Å². The molecule has 2 saturated heterocycles. The van der Waals surface area contributed by atoms with Crippen LogP contribution in [0.4, 0.5) is 18.0 Å². The van der Waals surface area contributed by atoms with Crippen molar-refractivity contribution in [1.82, 2.24) is 16.0 Å². The summed E-state index contributed by atoms with van der Waals surface area (Å²) in [5.41, 5.74) is -0.205. The quantitative estimate of drug-likeness (QED) is 0.169. The molecule has 3 rings (SSSR count). The number of unbranched alkanes of at least 4 members (excludes halogenated alkanes) is 1. The molecule has 4 atom stereocenters. The zero-order valence-corrected chi connectivity index (χ0v) is 18.6. The maximum Gasteiger partial charge on any atom is 0.334 e. The predicted octanol–water partition coefficient (Wildman–Crippen LogP) is 2.94. The molecule has 3 amide bonds. The van der Waals surface area contributed by atoms with Gasteiger partial charge in [0.1, 0.15) is 6.04 Å². The van der Waals surface area contributed by atoms with E-state index in [2.05, 4.69) is 16.0 Å². The Balaban J connectivity index is 1.44. The second kappa shape index (κ2) is 10.5. The molecule has 2 aliphatic heterocycles. The maximum atomic E-state index is 14.1. The van der Waals surface area contributed by atoms with E-state index in [-0.39, 0.29) is 36.5 Å². The number of rotatable bonds is 9. The Morgan fingerprint density at radius 2 is 2.00 bits per heavy atom. The van der Waals surface area contributed by atoms with Crippen molar-refractivity contribution in [3.8, 4) is 5.75 Å². The lowest BCUT2D eigenvalue weighted by Gasteiger charge is -2.18. The molecule has 2 aliphatic rings. The second-order valence-corrected chi connectivity index (χ2v) is 9.22. The number of hydrogen-bond acceptors (Lipinski definition) is 5. The lowest BCUT2D eigenvalue weighted by atomic mass is 10.0. The van der Waals surface area contributed by atoms with Crippen LogP contribution in [0.1, 0.15) is 44.6 Å². The number of amides is 3. The Morgan fingerprint density at radius 1 is 1.25 bits per heavy atom. The first kappa shape index (κ1) is 24.2. The third kappa shape index (κ3) is 5.48. The predicted molar refractivity (Wildman–Crippen MR) is 113 cm³/mol. The summed E-state index contributed by atoms with van der Waals surface area (Å²) in [6.45, 7) is 2.82. The minimum atomic E-state index is -1.59. The van der Waals surface area contributed by atoms with Crippen LogP contribution in [-0.2, 0) is 9.59 Å². The van der Waals surface area contributed by atoms with Crippen LogP contribution in [0.3, 0.4) is 0 Å². The van der Waals surface area contributed by atoms with Crippen molar-refractivity contribution < 1.29 is 32.3 Å². The van der Waals surface area contributed by atoms with Crippen LogP contribution < -0.4 is 20.7 Å². The molecule has 11 heteroatoms. The van der Waals surface area contributed by atoms with E-state index in [9.17, 15) is 27.6 Å². The standard InChI is InChI=1S/C21H26F3N3O4S/c1-3-12(20(29)31-19-16(23)10(2)8-11(22)17(19)24)25-15(28)7-5-4-6-14-18-13(9-32-14)26-21(30)27-18/h8,12-14,18H,3-7,9H2,1-2H3,(H,25,28)(H2,26,27,30). The number of aryl methyl sites for hydroxylation is 1. The van der Waals surface area contributed by atoms with Crippen molar-refractivity contribution in [2.75, 3.05) is 5.75 Å². The molecule has 0 aromatic heterocycles. The van der Waals surface area contributed by atoms with Gasteiger partial charge in [-0.05, 0) is 37.8 Å². The van der Waals surface area contributed by atoms with Gasteiger partial charge in [0.15, 0.2) is 11.6 Å². The van der Waals surface area contributed by atoms with Crippen LogP contribution in [0.2, 0.25) is 0 Å². The first-order valence-corrected chi connectivity index (χ1v) is 11.6. The molecule has 4 unspecified atom stereocenters. The number of carbonyl (C=O) groups is 3. The SMILES string of the molecule is CCC(NC(=O)CCCCC1SCC2NC(=O)NC21)C(=O)Oc1c(F)c(C)cc(F)c1F. The molecule has 176 valence electrons. The molecular formula is C21H26F3N3O4S. The molecule has 1 aromatic rings. The topological polar surface area (TPSA) is 96.5 Å². The molecule has 0 bridgehead atoms. The molecular weight excluding hydrogens is 447 g/mol. The molecule has 7 nitrogen and oxygen atoms in total. The third-order valence-electron chi connectivity index (χ3n) is 5.61. The number of benzene rings is 1. The van der Waals surface area contributed by atoms with Gasteiger partial charge in [0.25, 0.3) is 0 Å². The summed E-state index contributed by atoms with van der Waals surface area (Å²) >= 11 is 1.79. The Bertz CT molecular complexity index is 875. The highest BCUT2D eigenvalue weighted by molar-refractivity contribution is 8.00. The smallest absolute Gasteiger partial charge is 0.334 e. The Kier molecular flexibility index (Phi) is 7.91. The molecule has 2 fully saturated rings. The number of hydrogen-bond donors (Lipinski definition) is 3. The van der Waals surface area contributed by atoms with Crippen LogP contribution in [0.5, 0.6) is 5.75 Å². The summed E-state index contributed by atoms with van der Waals surface area (Å²) in [5, 5.41) is 8.59. The lowest BCUT2D eigenvalue weighted by molar-refractivity contribution is -0.139. The van der Waals surface area contributed by atoms with Crippen LogP contribution >= 0.6 is 11.8 Å². The summed E-state index contributed by atoms with van der Waals surface area (Å²) in [7, 11) is 0. The van der Waals surface area contributed by atoms with Crippen LogP contribution in [0.15, 0.2) is 6.07 Å². The van der Waals surface area contributed by atoms with Crippen molar-refractivity contribution in [1.29, 1.82) is 0 Å². The van der Waals surface area contributed by atoms with Crippen molar-refractivity contribution in [2.24, 2.45) is 0 Å². The van der Waals surface area contributed by atoms with E-state index in [0.717, 1.165) is 18.6 Å². The van der Waals surface area contributed by atoms with Gasteiger partial charge in [0.2, 0.25) is 17.5 Å². The highest BCUT2D eigenvalue weighted by Crippen LogP contribution is 2.33. The van der Waals surface area contributed by atoms with Crippen molar-refractivity contribution in [2.45, 2.75) is 69.3 Å². The van der Waals surface area contributed by atoms with Crippen molar-refractivity contribution in [3.05, 3.63) is 29.1 Å². The first-order chi connectivity index (χ1) is 15.2. The Morgan fingerprint density at radius 3 is 2.72 bits per heavy atom. The number of urea groups is 1. The van der Waals surface area contributed by atoms with E-state index >= 15 is 0 Å². The molecule has 2 heterocycles. The van der Waals surface area contributed by atoms with E-state index in [1.165, 1.54) is 6.92 Å². The molecule has 1 aromatic carbocycles. The molecule has 0 aliphatic carbocycles. The fourth-order valence-electron chi connectivity index (χ4n) is 3.83. The Labute approximate surface area is 188 Å². The van der Waals surface area contributed by atoms with Crippen molar-refractivity contribution >= 4 is 29.7 Å². The van der Waals surface area contributed by atoms with Gasteiger partial charge in [-0.3, -0.25) is 4.79 Å². The number of esters is 1. The van der Waals surface area contributed by atoms with E-state index in [1.54, 1.807) is 18.7 Å². The van der Waals surface area contributed by atoms with Gasteiger partial charge >= 0.3 is 12.0 Å². The minimum Gasteiger partial charge on any atom is -0.419 e. The monoisotopic (exact) mass is 473 g/mol. The number of fused-ring (bicyclic) bond motifs is 1. The summed E-state index contributed by atoms with van der Waals surface area (Å²) < 4.78 is 46.2. The van der Waals surface area contributed by atoms with E-state index < -0.39 is 41.1 Å². The molecule has 32 heavy (non-hydrogen) atoms. The second-order valence-electron chi connectivity index (χ2n) is 7.95. The maximum absolute atomic E-state index is 14.1. The number of nitrogens with one attached hydrogen (secondary N) is 3. The summed E-state index contributed by atoms with van der Waals surface area (Å²) in [6.07, 6.45) is 2.50. The highest BCUT2D eigenvalue weighted by Gasteiger charge is 2.42. The summed E-state index contributed by atoms with van der Waals surface area (Å²) in [6, 6.07) is -0.338. The van der Waals surface area contributed by atoms with Gasteiger partial charge in [-0.1, -0.05) is 13.3 Å². The minimum absolute atomic E-state index is 0.104. The van der Waals surface area contributed by atoms with Gasteiger partial charge in [-0.15, -0.1) is 0 Å². The number of halogens is 3. The first-order valence-electron chi connectivity index (χ1n) is 10.5. The molecule has 3 N–H and O–H groups in total. The van der Waals surface area contributed by atoms with E-state index in [1.807, 2.05) is 0 Å². The third-order valence-corrected chi connectivity index (χ3v) is 7.12. The van der Waals surface area contributed by atoms with Gasteiger partial charge in [0.05, 0.1) is 12.1 Å². The van der Waals surface area contributed by atoms with Gasteiger partial charge in [0, 0.05) is 17.4 Å². The van der Waals surface area contributed by atoms with Crippen molar-refractivity contribution in [3.63, 3.8) is 0 Å². The van der Waals surface area contributed by atoms with Crippen LogP contribution in [0, 0.1) is 24.4 Å². The van der Waals surface area contributed by atoms with Gasteiger partial charge < -0.3 is 20.7 Å². The normalized spacial score (nSPS) is 22.7. The van der Waals surface area contributed by atoms with E-state index in [0.29, 0.717) is 17.7 Å². The zero-order chi connectivity index (χ0) is 23.4. The Hall–Kier alpha value is -2.43. The lowest BCUT2D eigenvalue weighted by Crippen LogP contribution is -2.42. The number of ether oxygens (including phenoxy) is 1. The van der Waals surface area contributed by atoms with Crippen LogP contribution in [0.25, 0.3) is 0 Å². The fraction of sp³-hybridized carbons (Fsp3) is 0.571. The number of carbonyl (C=O) groups excluding carboxylic acids is 3. The summed E-state index contributed by atoms with van der Waals surface area (Å²) in [5.74, 6) is -5.80. The average molecular weight is 474 g/mol. The van der Waals surface area contributed by atoms with Crippen LogP contribution in [-0.4, -0.2) is 47.0 Å². The molecule has 0 spiro atoms. The zero-order valence-electron chi connectivity index (χ0n) is 17.8. The largest absolute Gasteiger partial charge is 0.419 e. The number of thioether (sulfide) groups is 1. The fourth-order valence-corrected chi connectivity index (χ4v) is 5.37. The van der Waals surface area contributed by atoms with E-state index in [4.69, 9.17) is 4.74 Å². The highest BCUT2D eigenvalue weighted by atomic mass is 32.2. The average Bonchev–Trinajstić information content (AvgIpc) is 3.30.